The number of nitrogens with one attached hydrogen (secondary N) is 1. The molecule has 19 heavy (non-hydrogen) atoms. The Morgan fingerprint density at radius 3 is 2.89 bits per heavy atom. The second-order valence-corrected chi connectivity index (χ2v) is 7.01. The summed E-state index contributed by atoms with van der Waals surface area (Å²) >= 11 is 7.72. The normalized spacial score (nSPS) is 18.0. The van der Waals surface area contributed by atoms with Crippen LogP contribution in [0.15, 0.2) is 18.2 Å². The van der Waals surface area contributed by atoms with Gasteiger partial charge in [0.05, 0.1) is 10.2 Å². The molecule has 3 rings (SSSR count). The number of nitrogens with zero attached hydrogens (tertiary/aromatic N) is 1. The molecule has 0 atom stereocenters. The van der Waals surface area contributed by atoms with E-state index in [9.17, 15) is 0 Å². The fraction of sp³-hybridized carbons (Fsp3) is 0.533. The van der Waals surface area contributed by atoms with Crippen LogP contribution in [0.1, 0.15) is 39.0 Å². The summed E-state index contributed by atoms with van der Waals surface area (Å²) < 4.78 is 1.20. The van der Waals surface area contributed by atoms with Crippen LogP contribution in [0.5, 0.6) is 0 Å². The topological polar surface area (TPSA) is 24.9 Å². The van der Waals surface area contributed by atoms with Crippen molar-refractivity contribution in [2.24, 2.45) is 5.41 Å². The van der Waals surface area contributed by atoms with Crippen molar-refractivity contribution < 1.29 is 0 Å². The van der Waals surface area contributed by atoms with E-state index in [1.165, 1.54) is 36.8 Å². The highest BCUT2D eigenvalue weighted by molar-refractivity contribution is 7.22. The first-order valence-electron chi connectivity index (χ1n) is 7.01. The van der Waals surface area contributed by atoms with Crippen LogP contribution in [0.2, 0.25) is 5.02 Å². The maximum absolute atomic E-state index is 6.00. The fourth-order valence-electron chi connectivity index (χ4n) is 3.02. The largest absolute Gasteiger partial charge is 0.361 e. The molecule has 1 aliphatic rings. The molecule has 1 heterocycles. The number of aromatic nitrogens is 1. The fourth-order valence-corrected chi connectivity index (χ4v) is 4.03. The molecular formula is C15H19ClN2S. The molecule has 1 N–H and O–H groups in total. The minimum atomic E-state index is 0.496. The van der Waals surface area contributed by atoms with Crippen LogP contribution >= 0.6 is 22.9 Å². The maximum atomic E-state index is 6.00. The monoisotopic (exact) mass is 294 g/mol. The Morgan fingerprint density at radius 2 is 2.16 bits per heavy atom. The van der Waals surface area contributed by atoms with Crippen molar-refractivity contribution in [1.29, 1.82) is 0 Å². The van der Waals surface area contributed by atoms with Crippen LogP contribution in [0, 0.1) is 5.41 Å². The molecule has 0 unspecified atom stereocenters. The number of hydrogen-bond acceptors (Lipinski definition) is 3. The summed E-state index contributed by atoms with van der Waals surface area (Å²) in [5.41, 5.74) is 1.49. The number of benzene rings is 1. The average Bonchev–Trinajstić information content (AvgIpc) is 3.02. The Hall–Kier alpha value is -0.800. The SMILES string of the molecule is CCC1(CNc2nc3cc(Cl)ccc3s2)CCCC1. The van der Waals surface area contributed by atoms with E-state index in [-0.39, 0.29) is 0 Å². The zero-order chi connectivity index (χ0) is 13.3. The molecule has 4 heteroatoms. The molecule has 1 aliphatic carbocycles. The standard InChI is InChI=1S/C15H19ClN2S/c1-2-15(7-3-4-8-15)10-17-14-18-12-9-11(16)5-6-13(12)19-14/h5-6,9H,2-4,7-8,10H2,1H3,(H,17,18). The van der Waals surface area contributed by atoms with E-state index in [1.54, 1.807) is 11.3 Å². The second kappa shape index (κ2) is 5.29. The molecule has 0 spiro atoms. The summed E-state index contributed by atoms with van der Waals surface area (Å²) in [6, 6.07) is 5.91. The third-order valence-electron chi connectivity index (χ3n) is 4.38. The van der Waals surface area contributed by atoms with Crippen LogP contribution in [0.25, 0.3) is 10.2 Å². The molecule has 1 aromatic heterocycles. The van der Waals surface area contributed by atoms with Crippen LogP contribution in [-0.2, 0) is 0 Å². The number of hydrogen-bond donors (Lipinski definition) is 1. The molecule has 1 saturated carbocycles. The highest BCUT2D eigenvalue weighted by Gasteiger charge is 2.31. The number of fused-ring (bicyclic) bond motifs is 1. The van der Waals surface area contributed by atoms with Gasteiger partial charge in [-0.15, -0.1) is 0 Å². The van der Waals surface area contributed by atoms with Gasteiger partial charge < -0.3 is 5.32 Å². The van der Waals surface area contributed by atoms with E-state index < -0.39 is 0 Å². The van der Waals surface area contributed by atoms with Crippen LogP contribution in [0.4, 0.5) is 5.13 Å². The molecular weight excluding hydrogens is 276 g/mol. The van der Waals surface area contributed by atoms with E-state index in [0.717, 1.165) is 22.2 Å². The number of anilines is 1. The third kappa shape index (κ3) is 2.72. The molecule has 102 valence electrons. The Balaban J connectivity index is 1.74. The molecule has 0 amide bonds. The van der Waals surface area contributed by atoms with Gasteiger partial charge in [-0.1, -0.05) is 42.7 Å². The van der Waals surface area contributed by atoms with Crippen molar-refractivity contribution >= 4 is 38.3 Å². The van der Waals surface area contributed by atoms with Crippen molar-refractivity contribution in [2.45, 2.75) is 39.0 Å². The zero-order valence-electron chi connectivity index (χ0n) is 11.2. The predicted molar refractivity (Wildman–Crippen MR) is 84.3 cm³/mol. The summed E-state index contributed by atoms with van der Waals surface area (Å²) in [7, 11) is 0. The lowest BCUT2D eigenvalue weighted by Crippen LogP contribution is -2.25. The molecule has 0 aliphatic heterocycles. The van der Waals surface area contributed by atoms with Gasteiger partial charge in [-0.05, 0) is 42.9 Å². The van der Waals surface area contributed by atoms with Gasteiger partial charge in [0.2, 0.25) is 0 Å². The van der Waals surface area contributed by atoms with E-state index in [1.807, 2.05) is 18.2 Å². The molecule has 1 fully saturated rings. The first-order chi connectivity index (χ1) is 9.21. The van der Waals surface area contributed by atoms with Crippen molar-refractivity contribution in [3.05, 3.63) is 23.2 Å². The van der Waals surface area contributed by atoms with Gasteiger partial charge in [-0.2, -0.15) is 0 Å². The number of thiazole rings is 1. The summed E-state index contributed by atoms with van der Waals surface area (Å²) in [6.07, 6.45) is 6.73. The Labute approximate surface area is 123 Å². The lowest BCUT2D eigenvalue weighted by atomic mass is 9.83. The molecule has 2 nitrogen and oxygen atoms in total. The minimum absolute atomic E-state index is 0.496. The smallest absolute Gasteiger partial charge is 0.183 e. The maximum Gasteiger partial charge on any atom is 0.183 e. The van der Waals surface area contributed by atoms with E-state index in [0.29, 0.717) is 5.41 Å². The summed E-state index contributed by atoms with van der Waals surface area (Å²) in [5.74, 6) is 0. The van der Waals surface area contributed by atoms with E-state index in [2.05, 4.69) is 17.2 Å². The molecule has 0 saturated heterocycles. The Bertz CT molecular complexity index is 573. The van der Waals surface area contributed by atoms with Gasteiger partial charge >= 0.3 is 0 Å². The highest BCUT2D eigenvalue weighted by atomic mass is 35.5. The predicted octanol–water partition coefficient (Wildman–Crippen LogP) is 5.33. The van der Waals surface area contributed by atoms with Crippen molar-refractivity contribution in [3.8, 4) is 0 Å². The lowest BCUT2D eigenvalue weighted by molar-refractivity contribution is 0.307. The summed E-state index contributed by atoms with van der Waals surface area (Å²) in [5, 5.41) is 5.33. The van der Waals surface area contributed by atoms with Crippen molar-refractivity contribution in [1.82, 2.24) is 4.98 Å². The van der Waals surface area contributed by atoms with E-state index in [4.69, 9.17) is 11.6 Å². The molecule has 0 radical (unpaired) electrons. The second-order valence-electron chi connectivity index (χ2n) is 5.55. The van der Waals surface area contributed by atoms with E-state index >= 15 is 0 Å². The number of halogens is 1. The Kier molecular flexibility index (Phi) is 3.68. The van der Waals surface area contributed by atoms with Crippen LogP contribution < -0.4 is 5.32 Å². The lowest BCUT2D eigenvalue weighted by Gasteiger charge is -2.27. The summed E-state index contributed by atoms with van der Waals surface area (Å²) in [4.78, 5) is 4.62. The first-order valence-corrected chi connectivity index (χ1v) is 8.20. The first kappa shape index (κ1) is 13.2. The van der Waals surface area contributed by atoms with Gasteiger partial charge in [0, 0.05) is 11.6 Å². The third-order valence-corrected chi connectivity index (χ3v) is 5.61. The quantitative estimate of drug-likeness (QED) is 0.824. The zero-order valence-corrected chi connectivity index (χ0v) is 12.8. The Morgan fingerprint density at radius 1 is 1.37 bits per heavy atom. The highest BCUT2D eigenvalue weighted by Crippen LogP contribution is 2.41. The van der Waals surface area contributed by atoms with Gasteiger partial charge in [-0.3, -0.25) is 0 Å². The molecule has 0 bridgehead atoms. The summed E-state index contributed by atoms with van der Waals surface area (Å²) in [6.45, 7) is 3.36. The van der Waals surface area contributed by atoms with Crippen molar-refractivity contribution in [2.75, 3.05) is 11.9 Å². The molecule has 2 aromatic rings. The van der Waals surface area contributed by atoms with Crippen LogP contribution in [0.3, 0.4) is 0 Å². The number of rotatable bonds is 4. The van der Waals surface area contributed by atoms with Gasteiger partial charge in [0.25, 0.3) is 0 Å². The van der Waals surface area contributed by atoms with Gasteiger partial charge in [0.15, 0.2) is 5.13 Å². The van der Waals surface area contributed by atoms with Crippen LogP contribution in [-0.4, -0.2) is 11.5 Å². The van der Waals surface area contributed by atoms with Gasteiger partial charge in [-0.25, -0.2) is 4.98 Å². The molecule has 1 aromatic carbocycles. The van der Waals surface area contributed by atoms with Gasteiger partial charge in [0.1, 0.15) is 0 Å². The van der Waals surface area contributed by atoms with Crippen molar-refractivity contribution in [3.63, 3.8) is 0 Å². The minimum Gasteiger partial charge on any atom is -0.361 e. The average molecular weight is 295 g/mol.